The van der Waals surface area contributed by atoms with Crippen LogP contribution in [-0.4, -0.2) is 55.7 Å². The Balaban J connectivity index is 1.95. The summed E-state index contributed by atoms with van der Waals surface area (Å²) in [5, 5.41) is 5.71. The lowest BCUT2D eigenvalue weighted by atomic mass is 10.2. The van der Waals surface area contributed by atoms with E-state index in [1.165, 1.54) is 4.90 Å². The Morgan fingerprint density at radius 1 is 1.03 bits per heavy atom. The molecule has 29 heavy (non-hydrogen) atoms. The lowest BCUT2D eigenvalue weighted by Gasteiger charge is -2.14. The molecule has 8 heteroatoms. The highest BCUT2D eigenvalue weighted by molar-refractivity contribution is 7.80. The van der Waals surface area contributed by atoms with Gasteiger partial charge in [0.15, 0.2) is 5.11 Å². The number of hydrogen-bond donors (Lipinski definition) is 2. The maximum Gasteiger partial charge on any atom is 0.261 e. The van der Waals surface area contributed by atoms with E-state index in [4.69, 9.17) is 21.7 Å². The summed E-state index contributed by atoms with van der Waals surface area (Å²) < 4.78 is 10.9. The zero-order chi connectivity index (χ0) is 21.2. The number of thiocarbonyl (C=S) groups is 1. The highest BCUT2D eigenvalue weighted by Gasteiger charge is 2.14. The molecule has 2 amide bonds. The van der Waals surface area contributed by atoms with Crippen molar-refractivity contribution in [3.63, 3.8) is 0 Å². The smallest absolute Gasteiger partial charge is 0.261 e. The van der Waals surface area contributed by atoms with Gasteiger partial charge in [-0.05, 0) is 55.5 Å². The molecule has 0 fully saturated rings. The van der Waals surface area contributed by atoms with Crippen molar-refractivity contribution in [1.82, 2.24) is 10.2 Å². The van der Waals surface area contributed by atoms with Gasteiger partial charge in [0.05, 0.1) is 12.2 Å². The summed E-state index contributed by atoms with van der Waals surface area (Å²) in [7, 11) is 3.38. The first-order valence-electron chi connectivity index (χ1n) is 9.16. The highest BCUT2D eigenvalue weighted by atomic mass is 32.1. The standard InChI is InChI=1S/C21H25N3O4S/c1-4-27-13-14-28-18-8-6-5-7-17(18)19(25)23-21(29)22-16-11-9-15(10-12-16)20(26)24(2)3/h5-12H,4,13-14H2,1-3H3,(H2,22,23,25,29). The number of hydrogen-bond acceptors (Lipinski definition) is 5. The maximum absolute atomic E-state index is 12.6. The largest absolute Gasteiger partial charge is 0.490 e. The van der Waals surface area contributed by atoms with Gasteiger partial charge in [0.2, 0.25) is 0 Å². The summed E-state index contributed by atoms with van der Waals surface area (Å²) in [5.41, 5.74) is 1.60. The van der Waals surface area contributed by atoms with Crippen molar-refractivity contribution in [1.29, 1.82) is 0 Å². The molecule has 0 saturated heterocycles. The number of ether oxygens (including phenoxy) is 2. The van der Waals surface area contributed by atoms with Crippen LogP contribution in [0.5, 0.6) is 5.75 Å². The van der Waals surface area contributed by atoms with Crippen LogP contribution >= 0.6 is 12.2 Å². The number of nitrogens with one attached hydrogen (secondary N) is 2. The van der Waals surface area contributed by atoms with Crippen molar-refractivity contribution in [2.24, 2.45) is 0 Å². The molecule has 0 aliphatic rings. The molecule has 0 atom stereocenters. The lowest BCUT2D eigenvalue weighted by molar-refractivity contribution is 0.0827. The third-order valence-corrected chi connectivity index (χ3v) is 4.05. The molecule has 2 aromatic carbocycles. The van der Waals surface area contributed by atoms with Gasteiger partial charge in [0, 0.05) is 32.0 Å². The van der Waals surface area contributed by atoms with E-state index in [2.05, 4.69) is 10.6 Å². The predicted octanol–water partition coefficient (Wildman–Crippen LogP) is 2.93. The second-order valence-corrected chi connectivity index (χ2v) is 6.63. The van der Waals surface area contributed by atoms with Crippen molar-refractivity contribution >= 4 is 34.8 Å². The molecule has 0 spiro atoms. The minimum Gasteiger partial charge on any atom is -0.490 e. The van der Waals surface area contributed by atoms with E-state index in [9.17, 15) is 9.59 Å². The normalized spacial score (nSPS) is 10.2. The van der Waals surface area contributed by atoms with E-state index in [1.54, 1.807) is 62.6 Å². The fourth-order valence-corrected chi connectivity index (χ4v) is 2.63. The van der Waals surface area contributed by atoms with E-state index in [0.29, 0.717) is 42.4 Å². The molecule has 154 valence electrons. The summed E-state index contributed by atoms with van der Waals surface area (Å²) in [6.07, 6.45) is 0. The first kappa shape index (κ1) is 22.3. The van der Waals surface area contributed by atoms with E-state index < -0.39 is 0 Å². The number of rotatable bonds is 8. The third kappa shape index (κ3) is 6.85. The van der Waals surface area contributed by atoms with E-state index in [1.807, 2.05) is 6.92 Å². The number of anilines is 1. The van der Waals surface area contributed by atoms with E-state index in [0.717, 1.165) is 0 Å². The monoisotopic (exact) mass is 415 g/mol. The number of para-hydroxylation sites is 1. The summed E-state index contributed by atoms with van der Waals surface area (Å²) in [6.45, 7) is 3.30. The molecule has 2 N–H and O–H groups in total. The number of nitrogens with zero attached hydrogens (tertiary/aromatic N) is 1. The summed E-state index contributed by atoms with van der Waals surface area (Å²) in [6, 6.07) is 13.8. The second-order valence-electron chi connectivity index (χ2n) is 6.23. The third-order valence-electron chi connectivity index (χ3n) is 3.84. The predicted molar refractivity (Wildman–Crippen MR) is 117 cm³/mol. The quantitative estimate of drug-likeness (QED) is 0.510. The van der Waals surface area contributed by atoms with Crippen LogP contribution in [0.15, 0.2) is 48.5 Å². The van der Waals surface area contributed by atoms with Crippen LogP contribution < -0.4 is 15.4 Å². The Hall–Kier alpha value is -2.97. The maximum atomic E-state index is 12.6. The summed E-state index contributed by atoms with van der Waals surface area (Å²) in [4.78, 5) is 26.0. The molecule has 7 nitrogen and oxygen atoms in total. The minimum absolute atomic E-state index is 0.0895. The number of carbonyl (C=O) groups excluding carboxylic acids is 2. The molecule has 0 aliphatic carbocycles. The molecule has 0 aromatic heterocycles. The van der Waals surface area contributed by atoms with Crippen molar-refractivity contribution in [3.05, 3.63) is 59.7 Å². The lowest BCUT2D eigenvalue weighted by Crippen LogP contribution is -2.34. The molecule has 0 aliphatic heterocycles. The van der Waals surface area contributed by atoms with E-state index in [-0.39, 0.29) is 16.9 Å². The molecule has 0 saturated carbocycles. The average molecular weight is 416 g/mol. The molecular formula is C21H25N3O4S. The Labute approximate surface area is 176 Å². The van der Waals surface area contributed by atoms with Crippen LogP contribution in [0.4, 0.5) is 5.69 Å². The van der Waals surface area contributed by atoms with Crippen molar-refractivity contribution in [3.8, 4) is 5.75 Å². The highest BCUT2D eigenvalue weighted by Crippen LogP contribution is 2.18. The number of benzene rings is 2. The fourth-order valence-electron chi connectivity index (χ4n) is 2.42. The Kier molecular flexibility index (Phi) is 8.57. The van der Waals surface area contributed by atoms with Gasteiger partial charge in [-0.15, -0.1) is 0 Å². The SMILES string of the molecule is CCOCCOc1ccccc1C(=O)NC(=S)Nc1ccc(C(=O)N(C)C)cc1. The minimum atomic E-state index is -0.381. The van der Waals surface area contributed by atoms with E-state index >= 15 is 0 Å². The van der Waals surface area contributed by atoms with Gasteiger partial charge >= 0.3 is 0 Å². The van der Waals surface area contributed by atoms with Gasteiger partial charge < -0.3 is 19.7 Å². The Morgan fingerprint density at radius 2 is 1.72 bits per heavy atom. The number of amides is 2. The molecular weight excluding hydrogens is 390 g/mol. The van der Waals surface area contributed by atoms with Crippen LogP contribution in [0, 0.1) is 0 Å². The van der Waals surface area contributed by atoms with Crippen LogP contribution in [0.1, 0.15) is 27.6 Å². The van der Waals surface area contributed by atoms with Crippen molar-refractivity contribution in [2.45, 2.75) is 6.92 Å². The Bertz CT molecular complexity index is 853. The first-order chi connectivity index (χ1) is 13.9. The van der Waals surface area contributed by atoms with Gasteiger partial charge in [0.25, 0.3) is 11.8 Å². The average Bonchev–Trinajstić information content (AvgIpc) is 2.71. The van der Waals surface area contributed by atoms with Crippen molar-refractivity contribution < 1.29 is 19.1 Å². The van der Waals surface area contributed by atoms with Gasteiger partial charge in [-0.25, -0.2) is 0 Å². The molecule has 2 rings (SSSR count). The van der Waals surface area contributed by atoms with Gasteiger partial charge in [-0.1, -0.05) is 12.1 Å². The Morgan fingerprint density at radius 3 is 2.38 bits per heavy atom. The van der Waals surface area contributed by atoms with Crippen molar-refractivity contribution in [2.75, 3.05) is 39.2 Å². The topological polar surface area (TPSA) is 79.9 Å². The summed E-state index contributed by atoms with van der Waals surface area (Å²) in [5.74, 6) is -0.0126. The first-order valence-corrected chi connectivity index (χ1v) is 9.56. The molecule has 2 aromatic rings. The van der Waals surface area contributed by atoms with Gasteiger partial charge in [-0.3, -0.25) is 14.9 Å². The molecule has 0 heterocycles. The van der Waals surface area contributed by atoms with Gasteiger partial charge in [-0.2, -0.15) is 0 Å². The van der Waals surface area contributed by atoms with Gasteiger partial charge in [0.1, 0.15) is 12.4 Å². The second kappa shape index (κ2) is 11.1. The zero-order valence-electron chi connectivity index (χ0n) is 16.7. The molecule has 0 unspecified atom stereocenters. The molecule has 0 radical (unpaired) electrons. The molecule has 0 bridgehead atoms. The van der Waals surface area contributed by atoms with Crippen LogP contribution in [0.25, 0.3) is 0 Å². The van der Waals surface area contributed by atoms with Crippen LogP contribution in [0.2, 0.25) is 0 Å². The van der Waals surface area contributed by atoms with Crippen LogP contribution in [-0.2, 0) is 4.74 Å². The van der Waals surface area contributed by atoms with Crippen LogP contribution in [0.3, 0.4) is 0 Å². The summed E-state index contributed by atoms with van der Waals surface area (Å²) >= 11 is 5.22. The zero-order valence-corrected chi connectivity index (χ0v) is 17.5. The number of carbonyl (C=O) groups is 2. The fraction of sp³-hybridized carbons (Fsp3) is 0.286.